The van der Waals surface area contributed by atoms with Gasteiger partial charge in [-0.25, -0.2) is 4.79 Å². The summed E-state index contributed by atoms with van der Waals surface area (Å²) in [7, 11) is 0. The lowest BCUT2D eigenvalue weighted by Crippen LogP contribution is -2.37. The van der Waals surface area contributed by atoms with E-state index in [9.17, 15) is 19.2 Å². The summed E-state index contributed by atoms with van der Waals surface area (Å²) in [6.45, 7) is 1.57. The van der Waals surface area contributed by atoms with Crippen LogP contribution in [0, 0.1) is 0 Å². The molecule has 0 spiro atoms. The van der Waals surface area contributed by atoms with Crippen LogP contribution in [0.1, 0.15) is 61.3 Å². The van der Waals surface area contributed by atoms with Gasteiger partial charge in [0.2, 0.25) is 5.91 Å². The van der Waals surface area contributed by atoms with E-state index in [0.717, 1.165) is 41.0 Å². The number of ether oxygens (including phenoxy) is 1. The Kier molecular flexibility index (Phi) is 5.19. The fourth-order valence-electron chi connectivity index (χ4n) is 3.77. The van der Waals surface area contributed by atoms with Crippen LogP contribution in [-0.2, 0) is 22.4 Å². The Morgan fingerprint density at radius 1 is 1.10 bits per heavy atom. The third-order valence-electron chi connectivity index (χ3n) is 5.08. The van der Waals surface area contributed by atoms with Crippen LogP contribution in [0.4, 0.5) is 5.00 Å². The maximum absolute atomic E-state index is 12.7. The van der Waals surface area contributed by atoms with E-state index in [1.807, 2.05) is 0 Å². The second kappa shape index (κ2) is 7.79. The highest BCUT2D eigenvalue weighted by Crippen LogP contribution is 2.38. The lowest BCUT2D eigenvalue weighted by Gasteiger charge is -2.14. The summed E-state index contributed by atoms with van der Waals surface area (Å²) in [6.07, 6.45) is 3.66. The molecule has 2 aliphatic rings. The van der Waals surface area contributed by atoms with Gasteiger partial charge in [0.1, 0.15) is 11.5 Å². The third kappa shape index (κ3) is 3.44. The number of carbonyl (C=O) groups is 4. The van der Waals surface area contributed by atoms with E-state index in [0.29, 0.717) is 21.7 Å². The number of hydrogen-bond acceptors (Lipinski definition) is 6. The minimum atomic E-state index is -0.524. The number of nitrogens with zero attached hydrogens (tertiary/aromatic N) is 1. The number of fused-ring (bicyclic) bond motifs is 2. The maximum Gasteiger partial charge on any atom is 0.341 e. The average molecular weight is 412 g/mol. The number of aryl methyl sites for hydroxylation is 1. The molecule has 29 heavy (non-hydrogen) atoms. The smallest absolute Gasteiger partial charge is 0.341 e. The summed E-state index contributed by atoms with van der Waals surface area (Å²) in [6, 6.07) is 6.49. The fourth-order valence-corrected chi connectivity index (χ4v) is 5.06. The molecular weight excluding hydrogens is 392 g/mol. The largest absolute Gasteiger partial charge is 0.462 e. The molecule has 1 aromatic heterocycles. The number of anilines is 1. The van der Waals surface area contributed by atoms with E-state index < -0.39 is 30.2 Å². The van der Waals surface area contributed by atoms with Crippen LogP contribution in [-0.4, -0.2) is 41.7 Å². The number of thiophene rings is 1. The van der Waals surface area contributed by atoms with Crippen LogP contribution >= 0.6 is 11.3 Å². The van der Waals surface area contributed by atoms with Crippen molar-refractivity contribution in [3.05, 3.63) is 51.4 Å². The molecule has 2 aromatic rings. The van der Waals surface area contributed by atoms with Crippen LogP contribution in [0.5, 0.6) is 0 Å². The van der Waals surface area contributed by atoms with Gasteiger partial charge in [0.25, 0.3) is 11.8 Å². The molecule has 150 valence electrons. The van der Waals surface area contributed by atoms with Gasteiger partial charge in [-0.1, -0.05) is 12.1 Å². The number of rotatable bonds is 5. The third-order valence-corrected chi connectivity index (χ3v) is 6.29. The molecule has 0 unspecified atom stereocenters. The van der Waals surface area contributed by atoms with E-state index in [1.54, 1.807) is 31.2 Å². The number of imide groups is 1. The maximum atomic E-state index is 12.7. The molecule has 7 nitrogen and oxygen atoms in total. The zero-order valence-corrected chi connectivity index (χ0v) is 16.8. The summed E-state index contributed by atoms with van der Waals surface area (Å²) < 4.78 is 5.18. The highest BCUT2D eigenvalue weighted by atomic mass is 32.1. The number of benzene rings is 1. The lowest BCUT2D eigenvalue weighted by molar-refractivity contribution is -0.116. The number of amides is 3. The second-order valence-electron chi connectivity index (χ2n) is 6.93. The Labute approximate surface area is 171 Å². The molecular formula is C21H20N2O5S. The molecule has 0 radical (unpaired) electrons. The minimum absolute atomic E-state index is 0.242. The molecule has 8 heteroatoms. The lowest BCUT2D eigenvalue weighted by atomic mass is 9.95. The highest BCUT2D eigenvalue weighted by molar-refractivity contribution is 7.17. The highest BCUT2D eigenvalue weighted by Gasteiger charge is 2.36. The van der Waals surface area contributed by atoms with Gasteiger partial charge in [-0.2, -0.15) is 0 Å². The number of esters is 1. The van der Waals surface area contributed by atoms with E-state index in [1.165, 1.54) is 11.3 Å². The zero-order valence-electron chi connectivity index (χ0n) is 15.9. The van der Waals surface area contributed by atoms with Gasteiger partial charge < -0.3 is 10.1 Å². The predicted octanol–water partition coefficient (Wildman–Crippen LogP) is 3.04. The molecule has 0 atom stereocenters. The van der Waals surface area contributed by atoms with Crippen LogP contribution in [0.2, 0.25) is 0 Å². The van der Waals surface area contributed by atoms with Crippen molar-refractivity contribution >= 4 is 40.0 Å². The quantitative estimate of drug-likeness (QED) is 0.602. The van der Waals surface area contributed by atoms with Crippen molar-refractivity contribution < 1.29 is 23.9 Å². The van der Waals surface area contributed by atoms with Gasteiger partial charge in [-0.15, -0.1) is 11.3 Å². The molecule has 1 N–H and O–H groups in total. The van der Waals surface area contributed by atoms with Gasteiger partial charge in [-0.3, -0.25) is 19.3 Å². The van der Waals surface area contributed by atoms with E-state index in [4.69, 9.17) is 4.74 Å². The van der Waals surface area contributed by atoms with Gasteiger partial charge in [0.15, 0.2) is 0 Å². The summed E-state index contributed by atoms with van der Waals surface area (Å²) in [5.41, 5.74) is 1.94. The van der Waals surface area contributed by atoms with Crippen molar-refractivity contribution in [2.24, 2.45) is 0 Å². The SMILES string of the molecule is CCOC(=O)c1c(NC(=O)CN2C(=O)c3ccccc3C2=O)sc2c1CCCC2. The molecule has 2 heterocycles. The number of hydrogen-bond donors (Lipinski definition) is 1. The van der Waals surface area contributed by atoms with E-state index >= 15 is 0 Å². The van der Waals surface area contributed by atoms with Crippen molar-refractivity contribution in [3.8, 4) is 0 Å². The van der Waals surface area contributed by atoms with Crippen molar-refractivity contribution in [2.45, 2.75) is 32.6 Å². The first kappa shape index (κ1) is 19.3. The molecule has 1 aliphatic carbocycles. The Hall–Kier alpha value is -3.00. The average Bonchev–Trinajstić information content (AvgIpc) is 3.19. The summed E-state index contributed by atoms with van der Waals surface area (Å²) in [5.74, 6) is -1.96. The molecule has 4 rings (SSSR count). The van der Waals surface area contributed by atoms with Crippen molar-refractivity contribution in [3.63, 3.8) is 0 Å². The molecule has 0 saturated heterocycles. The van der Waals surface area contributed by atoms with Gasteiger partial charge in [0, 0.05) is 4.88 Å². The molecule has 1 aromatic carbocycles. The predicted molar refractivity (Wildman–Crippen MR) is 107 cm³/mol. The van der Waals surface area contributed by atoms with Crippen molar-refractivity contribution in [1.29, 1.82) is 0 Å². The summed E-state index contributed by atoms with van der Waals surface area (Å²) in [5, 5.41) is 3.16. The zero-order chi connectivity index (χ0) is 20.5. The van der Waals surface area contributed by atoms with Gasteiger partial charge in [0.05, 0.1) is 23.3 Å². The monoisotopic (exact) mass is 412 g/mol. The van der Waals surface area contributed by atoms with Crippen LogP contribution in [0.3, 0.4) is 0 Å². The molecule has 0 bridgehead atoms. The first-order valence-electron chi connectivity index (χ1n) is 9.58. The topological polar surface area (TPSA) is 92.8 Å². The van der Waals surface area contributed by atoms with Crippen molar-refractivity contribution in [2.75, 3.05) is 18.5 Å². The second-order valence-corrected chi connectivity index (χ2v) is 8.03. The van der Waals surface area contributed by atoms with Crippen LogP contribution < -0.4 is 5.32 Å². The number of nitrogens with one attached hydrogen (secondary N) is 1. The Morgan fingerprint density at radius 2 is 1.76 bits per heavy atom. The molecule has 1 aliphatic heterocycles. The molecule has 3 amide bonds. The summed E-state index contributed by atoms with van der Waals surface area (Å²) >= 11 is 1.37. The van der Waals surface area contributed by atoms with Crippen molar-refractivity contribution in [1.82, 2.24) is 4.90 Å². The van der Waals surface area contributed by atoms with Gasteiger partial charge >= 0.3 is 5.97 Å². The molecule has 0 saturated carbocycles. The summed E-state index contributed by atoms with van der Waals surface area (Å²) in [4.78, 5) is 52.1. The standard InChI is InChI=1S/C21H20N2O5S/c1-2-28-21(27)17-14-9-5-6-10-15(14)29-18(17)22-16(24)11-23-19(25)12-7-3-4-8-13(12)20(23)26/h3-4,7-8H,2,5-6,9-11H2,1H3,(H,22,24). The first-order chi connectivity index (χ1) is 14.0. The van der Waals surface area contributed by atoms with E-state index in [2.05, 4.69) is 5.32 Å². The molecule has 0 fully saturated rings. The Morgan fingerprint density at radius 3 is 2.41 bits per heavy atom. The Bertz CT molecular complexity index is 991. The number of carbonyl (C=O) groups excluding carboxylic acids is 4. The van der Waals surface area contributed by atoms with Gasteiger partial charge in [-0.05, 0) is 50.3 Å². The first-order valence-corrected chi connectivity index (χ1v) is 10.4. The van der Waals surface area contributed by atoms with E-state index in [-0.39, 0.29) is 6.61 Å². The van der Waals surface area contributed by atoms with Crippen LogP contribution in [0.15, 0.2) is 24.3 Å². The fraction of sp³-hybridized carbons (Fsp3) is 0.333. The minimum Gasteiger partial charge on any atom is -0.462 e. The normalized spacial score (nSPS) is 15.1. The van der Waals surface area contributed by atoms with Crippen LogP contribution in [0.25, 0.3) is 0 Å². The Balaban J connectivity index is 1.55.